The van der Waals surface area contributed by atoms with Crippen molar-refractivity contribution in [3.05, 3.63) is 69.0 Å². The van der Waals surface area contributed by atoms with Gasteiger partial charge in [0, 0.05) is 31.3 Å². The lowest BCUT2D eigenvalue weighted by molar-refractivity contribution is -0.384. The van der Waals surface area contributed by atoms with Gasteiger partial charge in [-0.1, -0.05) is 17.8 Å². The minimum Gasteiger partial charge on any atom is -0.497 e. The molecule has 1 N–H and O–H groups in total. The molecule has 0 spiro atoms. The van der Waals surface area contributed by atoms with E-state index in [1.165, 1.54) is 35.0 Å². The number of benzene rings is 2. The van der Waals surface area contributed by atoms with Crippen molar-refractivity contribution in [1.29, 1.82) is 0 Å². The first-order chi connectivity index (χ1) is 15.8. The van der Waals surface area contributed by atoms with Gasteiger partial charge in [0.1, 0.15) is 11.6 Å². The number of aromatic nitrogens is 3. The van der Waals surface area contributed by atoms with Crippen molar-refractivity contribution in [2.45, 2.75) is 38.3 Å². The molecule has 1 aromatic heterocycles. The smallest absolute Gasteiger partial charge is 0.269 e. The zero-order chi connectivity index (χ0) is 24.0. The molecule has 0 radical (unpaired) electrons. The Hall–Kier alpha value is -3.40. The summed E-state index contributed by atoms with van der Waals surface area (Å²) in [5.74, 6) is 1.68. The van der Waals surface area contributed by atoms with E-state index >= 15 is 0 Å². The predicted octanol–water partition coefficient (Wildman–Crippen LogP) is 4.25. The number of anilines is 1. The molecule has 9 nitrogen and oxygen atoms in total. The Balaban J connectivity index is 1.50. The molecular formula is C23H27N5O4S. The van der Waals surface area contributed by atoms with Crippen LogP contribution in [0.5, 0.6) is 5.75 Å². The Morgan fingerprint density at radius 1 is 1.15 bits per heavy atom. The monoisotopic (exact) mass is 469 g/mol. The number of aryl methyl sites for hydroxylation is 4. The van der Waals surface area contributed by atoms with E-state index < -0.39 is 4.92 Å². The third kappa shape index (κ3) is 6.32. The van der Waals surface area contributed by atoms with Gasteiger partial charge in [-0.05, 0) is 61.6 Å². The van der Waals surface area contributed by atoms with E-state index in [9.17, 15) is 14.9 Å². The van der Waals surface area contributed by atoms with Crippen molar-refractivity contribution >= 4 is 29.0 Å². The fourth-order valence-corrected chi connectivity index (χ4v) is 4.15. The average molecular weight is 470 g/mol. The third-order valence-electron chi connectivity index (χ3n) is 5.35. The number of rotatable bonds is 10. The number of hydrogen-bond donors (Lipinski definition) is 1. The first kappa shape index (κ1) is 24.2. The molecule has 1 heterocycles. The number of nitrogens with zero attached hydrogens (tertiary/aromatic N) is 4. The number of methoxy groups -OCH3 is 1. The number of nitro groups is 1. The third-order valence-corrected chi connectivity index (χ3v) is 6.37. The van der Waals surface area contributed by atoms with E-state index in [4.69, 9.17) is 4.74 Å². The van der Waals surface area contributed by atoms with E-state index in [1.54, 1.807) is 20.1 Å². The summed E-state index contributed by atoms with van der Waals surface area (Å²) in [7, 11) is 3.56. The SMILES string of the molecule is COc1ccc(CCCc2nnc(SCC(=O)Nc3ccc([N+](=O)[O-])cc3C)n2C)c(C)c1. The number of nitrogens with one attached hydrogen (secondary N) is 1. The van der Waals surface area contributed by atoms with Crippen molar-refractivity contribution in [1.82, 2.24) is 14.8 Å². The maximum Gasteiger partial charge on any atom is 0.269 e. The number of thioether (sulfide) groups is 1. The van der Waals surface area contributed by atoms with Crippen LogP contribution in [-0.2, 0) is 24.7 Å². The van der Waals surface area contributed by atoms with E-state index in [2.05, 4.69) is 28.5 Å². The van der Waals surface area contributed by atoms with Gasteiger partial charge in [0.05, 0.1) is 17.8 Å². The Morgan fingerprint density at radius 3 is 2.61 bits per heavy atom. The Kier molecular flexibility index (Phi) is 8.05. The van der Waals surface area contributed by atoms with Gasteiger partial charge in [0.2, 0.25) is 5.91 Å². The van der Waals surface area contributed by atoms with E-state index in [0.29, 0.717) is 16.4 Å². The van der Waals surface area contributed by atoms with Gasteiger partial charge >= 0.3 is 0 Å². The van der Waals surface area contributed by atoms with Crippen molar-refractivity contribution in [3.8, 4) is 5.75 Å². The molecule has 0 saturated carbocycles. The highest BCUT2D eigenvalue weighted by atomic mass is 32.2. The summed E-state index contributed by atoms with van der Waals surface area (Å²) < 4.78 is 7.17. The highest BCUT2D eigenvalue weighted by Gasteiger charge is 2.14. The van der Waals surface area contributed by atoms with Crippen LogP contribution in [0.15, 0.2) is 41.6 Å². The molecule has 3 aromatic rings. The fourth-order valence-electron chi connectivity index (χ4n) is 3.42. The fraction of sp³-hybridized carbons (Fsp3) is 0.348. The summed E-state index contributed by atoms with van der Waals surface area (Å²) >= 11 is 1.30. The molecule has 174 valence electrons. The van der Waals surface area contributed by atoms with E-state index in [1.807, 2.05) is 23.7 Å². The topological polar surface area (TPSA) is 112 Å². The molecule has 1 amide bonds. The zero-order valence-electron chi connectivity index (χ0n) is 19.1. The van der Waals surface area contributed by atoms with Crippen molar-refractivity contribution in [2.24, 2.45) is 7.05 Å². The second-order valence-corrected chi connectivity index (χ2v) is 8.64. The number of amides is 1. The number of ether oxygens (including phenoxy) is 1. The lowest BCUT2D eigenvalue weighted by atomic mass is 10.0. The van der Waals surface area contributed by atoms with Crippen LogP contribution >= 0.6 is 11.8 Å². The molecule has 0 aliphatic carbocycles. The van der Waals surface area contributed by atoms with Crippen LogP contribution in [0.3, 0.4) is 0 Å². The Labute approximate surface area is 196 Å². The second-order valence-electron chi connectivity index (χ2n) is 7.70. The molecule has 0 aliphatic heterocycles. The summed E-state index contributed by atoms with van der Waals surface area (Å²) in [6.45, 7) is 3.80. The molecule has 10 heteroatoms. The van der Waals surface area contributed by atoms with Gasteiger partial charge < -0.3 is 14.6 Å². The molecule has 33 heavy (non-hydrogen) atoms. The van der Waals surface area contributed by atoms with Gasteiger partial charge in [-0.25, -0.2) is 0 Å². The molecule has 3 rings (SSSR count). The summed E-state index contributed by atoms with van der Waals surface area (Å²) in [6, 6.07) is 10.5. The Bertz CT molecular complexity index is 1160. The number of carbonyl (C=O) groups is 1. The van der Waals surface area contributed by atoms with Gasteiger partial charge in [-0.15, -0.1) is 10.2 Å². The minimum atomic E-state index is -0.460. The van der Waals surface area contributed by atoms with Crippen LogP contribution < -0.4 is 10.1 Å². The molecule has 0 aliphatic rings. The van der Waals surface area contributed by atoms with E-state index in [0.717, 1.165) is 30.8 Å². The molecule has 2 aromatic carbocycles. The number of non-ortho nitro benzene ring substituents is 1. The van der Waals surface area contributed by atoms with Gasteiger partial charge in [0.25, 0.3) is 5.69 Å². The summed E-state index contributed by atoms with van der Waals surface area (Å²) in [6.07, 6.45) is 2.65. The van der Waals surface area contributed by atoms with Crippen LogP contribution in [0.4, 0.5) is 11.4 Å². The van der Waals surface area contributed by atoms with Crippen LogP contribution in [0.2, 0.25) is 0 Å². The highest BCUT2D eigenvalue weighted by Crippen LogP contribution is 2.23. The van der Waals surface area contributed by atoms with Crippen LogP contribution in [0.1, 0.15) is 28.9 Å². The normalized spacial score (nSPS) is 10.8. The lowest BCUT2D eigenvalue weighted by Gasteiger charge is -2.09. The Morgan fingerprint density at radius 2 is 1.94 bits per heavy atom. The lowest BCUT2D eigenvalue weighted by Crippen LogP contribution is -2.15. The standard InChI is InChI=1S/C23H27N5O4S/c1-15-13-19(32-4)10-8-17(15)6-5-7-21-25-26-23(27(21)3)33-14-22(29)24-20-11-9-18(28(30)31)12-16(20)2/h8-13H,5-7,14H2,1-4H3,(H,24,29). The second kappa shape index (κ2) is 11.0. The van der Waals surface area contributed by atoms with E-state index in [-0.39, 0.29) is 17.3 Å². The predicted molar refractivity (Wildman–Crippen MR) is 128 cm³/mol. The zero-order valence-corrected chi connectivity index (χ0v) is 19.9. The minimum absolute atomic E-state index is 0.00589. The summed E-state index contributed by atoms with van der Waals surface area (Å²) in [4.78, 5) is 22.7. The molecule has 0 saturated heterocycles. The first-order valence-electron chi connectivity index (χ1n) is 10.5. The van der Waals surface area contributed by atoms with Gasteiger partial charge in [-0.2, -0.15) is 0 Å². The van der Waals surface area contributed by atoms with Crippen molar-refractivity contribution in [3.63, 3.8) is 0 Å². The molecule has 0 unspecified atom stereocenters. The maximum atomic E-state index is 12.3. The highest BCUT2D eigenvalue weighted by molar-refractivity contribution is 7.99. The average Bonchev–Trinajstić information content (AvgIpc) is 3.14. The van der Waals surface area contributed by atoms with Crippen LogP contribution in [0, 0.1) is 24.0 Å². The van der Waals surface area contributed by atoms with Crippen molar-refractivity contribution < 1.29 is 14.5 Å². The molecular weight excluding hydrogens is 442 g/mol. The quantitative estimate of drug-likeness (QED) is 0.268. The number of nitro benzene ring substituents is 1. The molecule has 0 bridgehead atoms. The summed E-state index contributed by atoms with van der Waals surface area (Å²) in [5.41, 5.74) is 3.67. The number of hydrogen-bond acceptors (Lipinski definition) is 7. The van der Waals surface area contributed by atoms with Gasteiger partial charge in [0.15, 0.2) is 5.16 Å². The van der Waals surface area contributed by atoms with Crippen molar-refractivity contribution in [2.75, 3.05) is 18.2 Å². The molecule has 0 atom stereocenters. The van der Waals surface area contributed by atoms with Crippen LogP contribution in [-0.4, -0.2) is 38.5 Å². The summed E-state index contributed by atoms with van der Waals surface area (Å²) in [5, 5.41) is 22.8. The maximum absolute atomic E-state index is 12.3. The first-order valence-corrected chi connectivity index (χ1v) is 11.5. The van der Waals surface area contributed by atoms with Gasteiger partial charge in [-0.3, -0.25) is 14.9 Å². The van der Waals surface area contributed by atoms with Crippen LogP contribution in [0.25, 0.3) is 0 Å². The largest absolute Gasteiger partial charge is 0.497 e. The molecule has 0 fully saturated rings. The number of carbonyl (C=O) groups excluding carboxylic acids is 1.